The lowest BCUT2D eigenvalue weighted by Gasteiger charge is -2.31. The molecule has 0 unspecified atom stereocenters. The molecule has 0 fully saturated rings. The molecule has 18 heavy (non-hydrogen) atoms. The first-order valence-electron chi connectivity index (χ1n) is 5.80. The van der Waals surface area contributed by atoms with E-state index in [1.807, 2.05) is 13.8 Å². The molecule has 0 radical (unpaired) electrons. The summed E-state index contributed by atoms with van der Waals surface area (Å²) in [5.41, 5.74) is 5.28. The number of nitrogens with zero attached hydrogens (tertiary/aromatic N) is 2. The fourth-order valence-electron chi connectivity index (χ4n) is 1.74. The zero-order valence-electron chi connectivity index (χ0n) is 10.6. The molecule has 4 N–H and O–H groups in total. The molecule has 0 aliphatic heterocycles. The fourth-order valence-corrected chi connectivity index (χ4v) is 1.74. The Hall–Kier alpha value is -2.11. The van der Waals surface area contributed by atoms with Gasteiger partial charge < -0.3 is 16.3 Å². The Morgan fingerprint density at radius 1 is 1.56 bits per heavy atom. The predicted octanol–water partition coefficient (Wildman–Crippen LogP) is 1.12. The Kier molecular flexibility index (Phi) is 4.65. The first-order valence-corrected chi connectivity index (χ1v) is 5.80. The number of amides is 1. The number of carbonyl (C=O) groups excluding carboxylic acids is 1. The van der Waals surface area contributed by atoms with Gasteiger partial charge in [-0.1, -0.05) is 19.0 Å². The molecule has 0 bridgehead atoms. The van der Waals surface area contributed by atoms with E-state index in [2.05, 4.69) is 15.5 Å². The highest BCUT2D eigenvalue weighted by Crippen LogP contribution is 2.16. The molecule has 6 nitrogen and oxygen atoms in total. The van der Waals surface area contributed by atoms with Crippen LogP contribution in [0.15, 0.2) is 29.7 Å². The summed E-state index contributed by atoms with van der Waals surface area (Å²) >= 11 is 0. The van der Waals surface area contributed by atoms with Gasteiger partial charge in [-0.3, -0.25) is 9.78 Å². The molecule has 0 aromatic carbocycles. The number of nitrogens with two attached hydrogens (primary N) is 1. The third-order valence-electron chi connectivity index (χ3n) is 3.08. The number of hydrogen-bond acceptors (Lipinski definition) is 4. The summed E-state index contributed by atoms with van der Waals surface area (Å²) in [6.07, 6.45) is 4.13. The largest absolute Gasteiger partial charge is 0.409 e. The summed E-state index contributed by atoms with van der Waals surface area (Å²) in [6, 6.07) is 3.34. The second-order valence-electron chi connectivity index (χ2n) is 3.97. The first kappa shape index (κ1) is 14.0. The van der Waals surface area contributed by atoms with Crippen molar-refractivity contribution in [2.45, 2.75) is 32.2 Å². The van der Waals surface area contributed by atoms with Crippen molar-refractivity contribution in [3.8, 4) is 0 Å². The van der Waals surface area contributed by atoms with E-state index >= 15 is 0 Å². The number of carbonyl (C=O) groups is 1. The van der Waals surface area contributed by atoms with Gasteiger partial charge in [-0.05, 0) is 25.0 Å². The number of hydrogen-bond donors (Lipinski definition) is 3. The van der Waals surface area contributed by atoms with Gasteiger partial charge in [0, 0.05) is 12.4 Å². The minimum absolute atomic E-state index is 0.00439. The lowest BCUT2D eigenvalue weighted by atomic mass is 9.91. The monoisotopic (exact) mass is 250 g/mol. The van der Waals surface area contributed by atoms with Crippen molar-refractivity contribution in [2.24, 2.45) is 10.9 Å². The van der Waals surface area contributed by atoms with Gasteiger partial charge in [0.15, 0.2) is 5.84 Å². The zero-order valence-corrected chi connectivity index (χ0v) is 10.6. The first-order chi connectivity index (χ1) is 8.59. The molecule has 1 rings (SSSR count). The fraction of sp³-hybridized carbons (Fsp3) is 0.417. The number of aromatic nitrogens is 1. The molecule has 6 heteroatoms. The van der Waals surface area contributed by atoms with E-state index in [9.17, 15) is 4.79 Å². The quantitative estimate of drug-likeness (QED) is 0.315. The van der Waals surface area contributed by atoms with Gasteiger partial charge in [0.2, 0.25) is 0 Å². The lowest BCUT2D eigenvalue weighted by Crippen LogP contribution is -2.56. The van der Waals surface area contributed by atoms with Crippen molar-refractivity contribution in [3.63, 3.8) is 0 Å². The molecular formula is C12H18N4O2. The summed E-state index contributed by atoms with van der Waals surface area (Å²) in [7, 11) is 0. The average Bonchev–Trinajstić information content (AvgIpc) is 2.44. The minimum atomic E-state index is -0.832. The van der Waals surface area contributed by atoms with Gasteiger partial charge in [-0.2, -0.15) is 0 Å². The van der Waals surface area contributed by atoms with Crippen LogP contribution in [0.3, 0.4) is 0 Å². The molecule has 1 amide bonds. The molecule has 0 atom stereocenters. The number of rotatable bonds is 5. The standard InChI is InChI=1S/C12H18N4O2/c1-3-12(4-2,11(13)16-18)15-10(17)9-6-5-7-14-8-9/h5-8,18H,3-4H2,1-2H3,(H2,13,16)(H,15,17). The SMILES string of the molecule is CCC(CC)(NC(=O)c1cccnc1)/C(N)=N/O. The summed E-state index contributed by atoms with van der Waals surface area (Å²) in [5.74, 6) is -0.289. The normalized spacial score (nSPS) is 12.2. The molecule has 0 aliphatic carbocycles. The van der Waals surface area contributed by atoms with Crippen molar-refractivity contribution in [1.29, 1.82) is 0 Å². The smallest absolute Gasteiger partial charge is 0.253 e. The maximum absolute atomic E-state index is 12.1. The molecule has 1 aromatic rings. The number of nitrogens with one attached hydrogen (secondary N) is 1. The Bertz CT molecular complexity index is 427. The van der Waals surface area contributed by atoms with Gasteiger partial charge in [0.05, 0.1) is 5.56 Å². The maximum Gasteiger partial charge on any atom is 0.253 e. The van der Waals surface area contributed by atoms with Gasteiger partial charge in [-0.15, -0.1) is 0 Å². The number of pyridine rings is 1. The lowest BCUT2D eigenvalue weighted by molar-refractivity contribution is 0.0917. The van der Waals surface area contributed by atoms with E-state index in [1.165, 1.54) is 6.20 Å². The number of amidine groups is 1. The van der Waals surface area contributed by atoms with Gasteiger partial charge in [-0.25, -0.2) is 0 Å². The highest BCUT2D eigenvalue weighted by atomic mass is 16.4. The van der Waals surface area contributed by atoms with E-state index < -0.39 is 5.54 Å². The van der Waals surface area contributed by atoms with E-state index in [-0.39, 0.29) is 11.7 Å². The predicted molar refractivity (Wildman–Crippen MR) is 68.4 cm³/mol. The summed E-state index contributed by atoms with van der Waals surface area (Å²) in [6.45, 7) is 3.73. The second-order valence-corrected chi connectivity index (χ2v) is 3.97. The zero-order chi connectivity index (χ0) is 13.6. The molecule has 0 aliphatic rings. The van der Waals surface area contributed by atoms with Gasteiger partial charge >= 0.3 is 0 Å². The molecule has 1 aromatic heterocycles. The van der Waals surface area contributed by atoms with Crippen LogP contribution in [0.4, 0.5) is 0 Å². The van der Waals surface area contributed by atoms with Crippen LogP contribution in [-0.4, -0.2) is 27.5 Å². The molecule has 0 saturated heterocycles. The van der Waals surface area contributed by atoms with Crippen LogP contribution in [0.5, 0.6) is 0 Å². The molecule has 98 valence electrons. The van der Waals surface area contributed by atoms with Crippen LogP contribution < -0.4 is 11.1 Å². The van der Waals surface area contributed by atoms with E-state index in [1.54, 1.807) is 18.3 Å². The van der Waals surface area contributed by atoms with E-state index in [0.717, 1.165) is 0 Å². The maximum atomic E-state index is 12.1. The van der Waals surface area contributed by atoms with Gasteiger partial charge in [0.25, 0.3) is 5.91 Å². The Morgan fingerprint density at radius 3 is 2.67 bits per heavy atom. The minimum Gasteiger partial charge on any atom is -0.409 e. The highest BCUT2D eigenvalue weighted by Gasteiger charge is 2.33. The van der Waals surface area contributed by atoms with Crippen LogP contribution in [0.2, 0.25) is 0 Å². The summed E-state index contributed by atoms with van der Waals surface area (Å²) in [5, 5.41) is 14.6. The van der Waals surface area contributed by atoms with Crippen LogP contribution in [0.1, 0.15) is 37.0 Å². The topological polar surface area (TPSA) is 101 Å². The van der Waals surface area contributed by atoms with Crippen LogP contribution in [0, 0.1) is 0 Å². The Labute approximate surface area is 106 Å². The Balaban J connectivity index is 2.95. The third kappa shape index (κ3) is 2.77. The number of oxime groups is 1. The third-order valence-corrected chi connectivity index (χ3v) is 3.08. The average molecular weight is 250 g/mol. The van der Waals surface area contributed by atoms with Crippen molar-refractivity contribution in [2.75, 3.05) is 0 Å². The van der Waals surface area contributed by atoms with E-state index in [0.29, 0.717) is 18.4 Å². The van der Waals surface area contributed by atoms with Crippen LogP contribution in [0.25, 0.3) is 0 Å². The Morgan fingerprint density at radius 2 is 2.22 bits per heavy atom. The summed E-state index contributed by atoms with van der Waals surface area (Å²) in [4.78, 5) is 15.9. The molecular weight excluding hydrogens is 232 g/mol. The molecule has 0 spiro atoms. The molecule has 1 heterocycles. The second kappa shape index (κ2) is 6.00. The van der Waals surface area contributed by atoms with Crippen molar-refractivity contribution < 1.29 is 10.0 Å². The van der Waals surface area contributed by atoms with Gasteiger partial charge in [0.1, 0.15) is 5.54 Å². The highest BCUT2D eigenvalue weighted by molar-refractivity contribution is 6.00. The van der Waals surface area contributed by atoms with Crippen molar-refractivity contribution in [1.82, 2.24) is 10.3 Å². The van der Waals surface area contributed by atoms with Crippen molar-refractivity contribution >= 4 is 11.7 Å². The van der Waals surface area contributed by atoms with E-state index in [4.69, 9.17) is 10.9 Å². The van der Waals surface area contributed by atoms with Crippen LogP contribution in [-0.2, 0) is 0 Å². The summed E-state index contributed by atoms with van der Waals surface area (Å²) < 4.78 is 0. The van der Waals surface area contributed by atoms with Crippen LogP contribution >= 0.6 is 0 Å². The van der Waals surface area contributed by atoms with Crippen molar-refractivity contribution in [3.05, 3.63) is 30.1 Å². The molecule has 0 saturated carbocycles.